The van der Waals surface area contributed by atoms with Gasteiger partial charge in [-0.25, -0.2) is 8.42 Å². The molecule has 0 aliphatic rings. The Morgan fingerprint density at radius 2 is 1.42 bits per heavy atom. The van der Waals surface area contributed by atoms with E-state index in [9.17, 15) is 13.2 Å². The largest absolute Gasteiger partial charge is 0.337 e. The van der Waals surface area contributed by atoms with Crippen molar-refractivity contribution in [2.75, 3.05) is 18.4 Å². The van der Waals surface area contributed by atoms with Gasteiger partial charge < -0.3 is 4.90 Å². The first-order valence-electron chi connectivity index (χ1n) is 10.2. The Labute approximate surface area is 185 Å². The number of benzene rings is 3. The van der Waals surface area contributed by atoms with Gasteiger partial charge in [0.2, 0.25) is 0 Å². The van der Waals surface area contributed by atoms with E-state index in [1.54, 1.807) is 66.5 Å². The van der Waals surface area contributed by atoms with E-state index in [1.165, 1.54) is 16.9 Å². The third-order valence-corrected chi connectivity index (χ3v) is 7.09. The first-order valence-corrected chi connectivity index (χ1v) is 11.6. The van der Waals surface area contributed by atoms with E-state index in [-0.39, 0.29) is 10.8 Å². The summed E-state index contributed by atoms with van der Waals surface area (Å²) in [7, 11) is -0.385. The molecule has 0 aliphatic heterocycles. The number of sulfonamides is 1. The molecule has 0 saturated carbocycles. The van der Waals surface area contributed by atoms with Gasteiger partial charge in [-0.2, -0.15) is 0 Å². The molecule has 5 nitrogen and oxygen atoms in total. The molecule has 162 valence electrons. The highest BCUT2D eigenvalue weighted by Crippen LogP contribution is 2.23. The molecule has 0 radical (unpaired) electrons. The summed E-state index contributed by atoms with van der Waals surface area (Å²) in [6.07, 6.45) is 0. The smallest absolute Gasteiger partial charge is 0.264 e. The fourth-order valence-corrected chi connectivity index (χ4v) is 4.49. The molecule has 0 N–H and O–H groups in total. The van der Waals surface area contributed by atoms with Gasteiger partial charge in [-0.1, -0.05) is 56.3 Å². The van der Waals surface area contributed by atoms with E-state index in [2.05, 4.69) is 26.0 Å². The summed E-state index contributed by atoms with van der Waals surface area (Å²) in [6.45, 7) is 4.80. The van der Waals surface area contributed by atoms with E-state index < -0.39 is 10.0 Å². The minimum absolute atomic E-state index is 0.118. The maximum Gasteiger partial charge on any atom is 0.264 e. The van der Waals surface area contributed by atoms with Gasteiger partial charge in [-0.3, -0.25) is 9.10 Å². The average Bonchev–Trinajstić information content (AvgIpc) is 2.79. The van der Waals surface area contributed by atoms with Crippen LogP contribution in [0.4, 0.5) is 5.69 Å². The Morgan fingerprint density at radius 3 is 1.97 bits per heavy atom. The van der Waals surface area contributed by atoms with Crippen LogP contribution in [0.1, 0.15) is 41.3 Å². The van der Waals surface area contributed by atoms with Crippen molar-refractivity contribution in [3.63, 3.8) is 0 Å². The van der Waals surface area contributed by atoms with E-state index in [0.717, 1.165) is 5.56 Å². The lowest BCUT2D eigenvalue weighted by molar-refractivity contribution is 0.0785. The van der Waals surface area contributed by atoms with Crippen LogP contribution in [0.3, 0.4) is 0 Å². The number of hydrogen-bond donors (Lipinski definition) is 0. The molecule has 0 bridgehead atoms. The maximum absolute atomic E-state index is 12.8. The lowest BCUT2D eigenvalue weighted by Crippen LogP contribution is -2.27. The number of amides is 1. The summed E-state index contributed by atoms with van der Waals surface area (Å²) in [5, 5.41) is 0. The molecule has 0 heterocycles. The van der Waals surface area contributed by atoms with Crippen molar-refractivity contribution in [1.29, 1.82) is 0 Å². The van der Waals surface area contributed by atoms with Crippen LogP contribution < -0.4 is 4.31 Å². The predicted molar refractivity (Wildman–Crippen MR) is 125 cm³/mol. The summed E-state index contributed by atoms with van der Waals surface area (Å²) < 4.78 is 26.8. The lowest BCUT2D eigenvalue weighted by Gasteiger charge is -2.21. The van der Waals surface area contributed by atoms with Crippen molar-refractivity contribution >= 4 is 21.6 Å². The highest BCUT2D eigenvalue weighted by Gasteiger charge is 2.21. The standard InChI is InChI=1S/C25H28N2O3S/c1-19(2)21-12-10-20(11-13-21)18-26(3)25(28)22-14-16-23(17-15-22)27(4)31(29,30)24-8-6-5-7-9-24/h5-17,19H,18H2,1-4H3. The van der Waals surface area contributed by atoms with Gasteiger partial charge in [0.1, 0.15) is 0 Å². The van der Waals surface area contributed by atoms with Crippen LogP contribution in [-0.2, 0) is 16.6 Å². The molecule has 3 aromatic rings. The number of anilines is 1. The monoisotopic (exact) mass is 436 g/mol. The quantitative estimate of drug-likeness (QED) is 0.529. The van der Waals surface area contributed by atoms with Gasteiger partial charge >= 0.3 is 0 Å². The van der Waals surface area contributed by atoms with E-state index >= 15 is 0 Å². The highest BCUT2D eigenvalue weighted by atomic mass is 32.2. The highest BCUT2D eigenvalue weighted by molar-refractivity contribution is 7.92. The third kappa shape index (κ3) is 5.14. The van der Waals surface area contributed by atoms with E-state index in [0.29, 0.717) is 23.7 Å². The Morgan fingerprint density at radius 1 is 0.839 bits per heavy atom. The maximum atomic E-state index is 12.8. The molecule has 0 aromatic heterocycles. The molecule has 31 heavy (non-hydrogen) atoms. The van der Waals surface area contributed by atoms with Crippen molar-refractivity contribution in [1.82, 2.24) is 4.90 Å². The van der Waals surface area contributed by atoms with Crippen LogP contribution in [0.2, 0.25) is 0 Å². The molecule has 3 rings (SSSR count). The summed E-state index contributed by atoms with van der Waals surface area (Å²) in [5.74, 6) is 0.351. The fraction of sp³-hybridized carbons (Fsp3) is 0.240. The van der Waals surface area contributed by atoms with Crippen molar-refractivity contribution < 1.29 is 13.2 Å². The predicted octanol–water partition coefficient (Wildman–Crippen LogP) is 4.91. The Hall–Kier alpha value is -3.12. The van der Waals surface area contributed by atoms with Crippen LogP contribution >= 0.6 is 0 Å². The van der Waals surface area contributed by atoms with Crippen LogP contribution in [-0.4, -0.2) is 33.3 Å². The second kappa shape index (κ2) is 9.35. The van der Waals surface area contributed by atoms with E-state index in [4.69, 9.17) is 0 Å². The van der Waals surface area contributed by atoms with Gasteiger partial charge in [0, 0.05) is 26.2 Å². The van der Waals surface area contributed by atoms with Gasteiger partial charge in [0.05, 0.1) is 10.6 Å². The second-order valence-electron chi connectivity index (χ2n) is 7.89. The van der Waals surface area contributed by atoms with Crippen LogP contribution in [0.5, 0.6) is 0 Å². The lowest BCUT2D eigenvalue weighted by atomic mass is 10.0. The Bertz CT molecular complexity index is 1120. The molecule has 6 heteroatoms. The zero-order chi connectivity index (χ0) is 22.6. The normalized spacial score (nSPS) is 11.4. The van der Waals surface area contributed by atoms with Crippen molar-refractivity contribution in [2.24, 2.45) is 0 Å². The Balaban J connectivity index is 1.70. The van der Waals surface area contributed by atoms with Crippen molar-refractivity contribution in [3.8, 4) is 0 Å². The summed E-state index contributed by atoms with van der Waals surface area (Å²) in [4.78, 5) is 14.7. The molecular weight excluding hydrogens is 408 g/mol. The Kier molecular flexibility index (Phi) is 6.81. The average molecular weight is 437 g/mol. The zero-order valence-electron chi connectivity index (χ0n) is 18.3. The van der Waals surface area contributed by atoms with Crippen LogP contribution in [0.25, 0.3) is 0 Å². The van der Waals surface area contributed by atoms with Gasteiger partial charge in [-0.05, 0) is 53.4 Å². The van der Waals surface area contributed by atoms with Crippen molar-refractivity contribution in [2.45, 2.75) is 31.2 Å². The fourth-order valence-electron chi connectivity index (χ4n) is 3.28. The van der Waals surface area contributed by atoms with Gasteiger partial charge in [-0.15, -0.1) is 0 Å². The minimum atomic E-state index is -3.65. The second-order valence-corrected chi connectivity index (χ2v) is 9.86. The number of hydrogen-bond acceptors (Lipinski definition) is 3. The molecule has 0 atom stereocenters. The van der Waals surface area contributed by atoms with Crippen LogP contribution in [0, 0.1) is 0 Å². The molecule has 0 spiro atoms. The number of carbonyl (C=O) groups is 1. The van der Waals surface area contributed by atoms with E-state index in [1.807, 2.05) is 12.1 Å². The zero-order valence-corrected chi connectivity index (χ0v) is 19.1. The number of carbonyl (C=O) groups excluding carboxylic acids is 1. The van der Waals surface area contributed by atoms with Crippen LogP contribution in [0.15, 0.2) is 83.8 Å². The number of rotatable bonds is 7. The number of nitrogens with zero attached hydrogens (tertiary/aromatic N) is 2. The SMILES string of the molecule is CC(C)c1ccc(CN(C)C(=O)c2ccc(N(C)S(=O)(=O)c3ccccc3)cc2)cc1. The van der Waals surface area contributed by atoms with Gasteiger partial charge in [0.25, 0.3) is 15.9 Å². The molecule has 0 fully saturated rings. The minimum Gasteiger partial charge on any atom is -0.337 e. The van der Waals surface area contributed by atoms with Gasteiger partial charge in [0.15, 0.2) is 0 Å². The third-order valence-electron chi connectivity index (χ3n) is 5.29. The summed E-state index contributed by atoms with van der Waals surface area (Å²) in [5.41, 5.74) is 3.33. The molecule has 0 saturated heterocycles. The summed E-state index contributed by atoms with van der Waals surface area (Å²) in [6, 6.07) is 23.2. The molecule has 0 aliphatic carbocycles. The topological polar surface area (TPSA) is 57.7 Å². The van der Waals surface area contributed by atoms with Crippen molar-refractivity contribution in [3.05, 3.63) is 95.6 Å². The first-order chi connectivity index (χ1) is 14.7. The molecule has 3 aromatic carbocycles. The first kappa shape index (κ1) is 22.6. The molecular formula is C25H28N2O3S. The summed E-state index contributed by atoms with van der Waals surface area (Å²) >= 11 is 0. The molecule has 0 unspecified atom stereocenters. The molecule has 1 amide bonds.